The third-order valence-electron chi connectivity index (χ3n) is 6.32. The summed E-state index contributed by atoms with van der Waals surface area (Å²) in [7, 11) is 1.51. The molecule has 0 bridgehead atoms. The van der Waals surface area contributed by atoms with Crippen LogP contribution in [0.15, 0.2) is 51.4 Å². The minimum Gasteiger partial charge on any atom is -0.480 e. The van der Waals surface area contributed by atoms with Gasteiger partial charge in [-0.25, -0.2) is 24.6 Å². The zero-order valence-corrected chi connectivity index (χ0v) is 22.2. The van der Waals surface area contributed by atoms with E-state index in [-0.39, 0.29) is 23.2 Å². The number of thiazole rings is 1. The minimum atomic E-state index is -4.53. The molecule has 0 radical (unpaired) electrons. The second kappa shape index (κ2) is 10.2. The van der Waals surface area contributed by atoms with Crippen molar-refractivity contribution in [1.29, 1.82) is 0 Å². The summed E-state index contributed by atoms with van der Waals surface area (Å²) in [5, 5.41) is 3.69. The van der Waals surface area contributed by atoms with E-state index in [0.29, 0.717) is 33.5 Å². The Morgan fingerprint density at radius 2 is 1.92 bits per heavy atom. The van der Waals surface area contributed by atoms with E-state index in [1.807, 2.05) is 0 Å². The van der Waals surface area contributed by atoms with Gasteiger partial charge in [0.2, 0.25) is 5.88 Å². The number of methoxy groups -OCH3 is 1. The normalized spacial score (nSPS) is 14.1. The van der Waals surface area contributed by atoms with Gasteiger partial charge in [0.15, 0.2) is 17.3 Å². The smallest absolute Gasteiger partial charge is 0.435 e. The fourth-order valence-corrected chi connectivity index (χ4v) is 5.04. The third kappa shape index (κ3) is 5.26. The van der Waals surface area contributed by atoms with Crippen molar-refractivity contribution in [3.05, 3.63) is 79.4 Å². The Kier molecular flexibility index (Phi) is 6.93. The molecule has 0 N–H and O–H groups in total. The number of rotatable bonds is 7. The maximum atomic E-state index is 13.1. The standard InChI is InChI=1S/C26H24F3N7O2S/c1-14-11-19(26(27,28)29)34-36(14)18-9-5-16(6-10-18)12-35-23(15(2)39-25(35)37)33-22(30-3)20-21(17-7-8-17)31-13-32-24(20)38-4/h5-6,9-11,13,17H,3,7-8,12H2,1-2,4H3. The largest absolute Gasteiger partial charge is 0.480 e. The molecule has 3 heterocycles. The molecule has 202 valence electrons. The zero-order valence-electron chi connectivity index (χ0n) is 21.4. The molecule has 9 nitrogen and oxygen atoms in total. The van der Waals surface area contributed by atoms with Crippen LogP contribution in [-0.4, -0.2) is 44.0 Å². The highest BCUT2D eigenvalue weighted by molar-refractivity contribution is 7.09. The van der Waals surface area contributed by atoms with Crippen LogP contribution in [-0.2, 0) is 12.7 Å². The summed E-state index contributed by atoms with van der Waals surface area (Å²) in [5.74, 6) is 1.27. The molecule has 4 aromatic rings. The Bertz CT molecular complexity index is 1630. The van der Waals surface area contributed by atoms with Gasteiger partial charge in [-0.1, -0.05) is 23.5 Å². The fourth-order valence-electron chi connectivity index (χ4n) is 4.27. The molecule has 5 rings (SSSR count). The van der Waals surface area contributed by atoms with Gasteiger partial charge in [-0.3, -0.25) is 9.36 Å². The van der Waals surface area contributed by atoms with E-state index in [1.165, 1.54) is 22.7 Å². The molecule has 0 unspecified atom stereocenters. The first-order valence-corrected chi connectivity index (χ1v) is 12.8. The van der Waals surface area contributed by atoms with Crippen molar-refractivity contribution in [2.45, 2.75) is 45.3 Å². The number of benzene rings is 1. The van der Waals surface area contributed by atoms with E-state index >= 15 is 0 Å². The molecule has 0 atom stereocenters. The van der Waals surface area contributed by atoms with Gasteiger partial charge in [0.25, 0.3) is 0 Å². The highest BCUT2D eigenvalue weighted by Gasteiger charge is 2.34. The quantitative estimate of drug-likeness (QED) is 0.230. The van der Waals surface area contributed by atoms with Crippen LogP contribution in [0.5, 0.6) is 5.88 Å². The Morgan fingerprint density at radius 1 is 1.21 bits per heavy atom. The molecular weight excluding hydrogens is 531 g/mol. The number of alkyl halides is 3. The van der Waals surface area contributed by atoms with E-state index in [1.54, 1.807) is 38.1 Å². The van der Waals surface area contributed by atoms with Crippen LogP contribution in [0.4, 0.5) is 19.0 Å². The first-order valence-electron chi connectivity index (χ1n) is 12.0. The fraction of sp³-hybridized carbons (Fsp3) is 0.308. The van der Waals surface area contributed by atoms with Gasteiger partial charge in [0.05, 0.1) is 25.0 Å². The van der Waals surface area contributed by atoms with Gasteiger partial charge in [-0.15, -0.1) is 0 Å². The summed E-state index contributed by atoms with van der Waals surface area (Å²) in [5.41, 5.74) is 1.96. The van der Waals surface area contributed by atoms with Crippen LogP contribution in [0.2, 0.25) is 0 Å². The van der Waals surface area contributed by atoms with Gasteiger partial charge < -0.3 is 4.74 Å². The number of aliphatic imine (C=N–C) groups is 2. The lowest BCUT2D eigenvalue weighted by atomic mass is 10.1. The van der Waals surface area contributed by atoms with Crippen molar-refractivity contribution in [3.63, 3.8) is 0 Å². The SMILES string of the molecule is C=NC(=Nc1c(C)sc(=O)n1Cc1ccc(-n2nc(C(F)(F)F)cc2C)cc1)c1c(OC)ncnc1C1CC1. The van der Waals surface area contributed by atoms with Crippen LogP contribution in [0.3, 0.4) is 0 Å². The van der Waals surface area contributed by atoms with Crippen molar-refractivity contribution in [1.82, 2.24) is 24.3 Å². The van der Waals surface area contributed by atoms with Crippen LogP contribution >= 0.6 is 11.3 Å². The van der Waals surface area contributed by atoms with Crippen molar-refractivity contribution in [2.24, 2.45) is 9.98 Å². The van der Waals surface area contributed by atoms with Crippen LogP contribution in [0.25, 0.3) is 5.69 Å². The lowest BCUT2D eigenvalue weighted by Crippen LogP contribution is -2.14. The molecule has 0 spiro atoms. The lowest BCUT2D eigenvalue weighted by Gasteiger charge is -2.12. The molecule has 13 heteroatoms. The van der Waals surface area contributed by atoms with Crippen molar-refractivity contribution < 1.29 is 17.9 Å². The molecule has 1 fully saturated rings. The van der Waals surface area contributed by atoms with E-state index in [9.17, 15) is 18.0 Å². The molecule has 39 heavy (non-hydrogen) atoms. The number of amidine groups is 1. The predicted molar refractivity (Wildman–Crippen MR) is 142 cm³/mol. The zero-order chi connectivity index (χ0) is 27.9. The van der Waals surface area contributed by atoms with Crippen LogP contribution < -0.4 is 9.61 Å². The topological polar surface area (TPSA) is 99.5 Å². The lowest BCUT2D eigenvalue weighted by molar-refractivity contribution is -0.141. The first kappa shape index (κ1) is 26.5. The van der Waals surface area contributed by atoms with Crippen molar-refractivity contribution >= 4 is 29.7 Å². The molecule has 0 saturated heterocycles. The van der Waals surface area contributed by atoms with Crippen LogP contribution in [0.1, 0.15) is 51.8 Å². The summed E-state index contributed by atoms with van der Waals surface area (Å²) in [6.07, 6.45) is -1.10. The number of aromatic nitrogens is 5. The van der Waals surface area contributed by atoms with E-state index in [4.69, 9.17) is 9.73 Å². The maximum Gasteiger partial charge on any atom is 0.435 e. The molecule has 0 amide bonds. The Hall–Kier alpha value is -4.13. The average Bonchev–Trinajstić information content (AvgIpc) is 3.62. The Morgan fingerprint density at radius 3 is 2.51 bits per heavy atom. The molecular formula is C26H24F3N7O2S. The predicted octanol–water partition coefficient (Wildman–Crippen LogP) is 5.23. The maximum absolute atomic E-state index is 13.1. The summed E-state index contributed by atoms with van der Waals surface area (Å²) >= 11 is 1.06. The molecule has 1 saturated carbocycles. The van der Waals surface area contributed by atoms with Gasteiger partial charge >= 0.3 is 11.0 Å². The number of hydrogen-bond acceptors (Lipinski definition) is 7. The monoisotopic (exact) mass is 555 g/mol. The number of hydrogen-bond donors (Lipinski definition) is 0. The van der Waals surface area contributed by atoms with E-state index in [0.717, 1.165) is 41.5 Å². The molecule has 1 aromatic carbocycles. The number of ether oxygens (including phenoxy) is 1. The first-order chi connectivity index (χ1) is 18.6. The van der Waals surface area contributed by atoms with Crippen molar-refractivity contribution in [2.75, 3.05) is 7.11 Å². The molecule has 3 aromatic heterocycles. The highest BCUT2D eigenvalue weighted by Crippen LogP contribution is 2.42. The van der Waals surface area contributed by atoms with E-state index in [2.05, 4.69) is 26.8 Å². The van der Waals surface area contributed by atoms with Gasteiger partial charge in [-0.05, 0) is 57.2 Å². The summed E-state index contributed by atoms with van der Waals surface area (Å²) in [6.45, 7) is 7.23. The second-order valence-corrected chi connectivity index (χ2v) is 10.3. The highest BCUT2D eigenvalue weighted by atomic mass is 32.1. The Labute approximate surface area is 225 Å². The number of nitrogens with zero attached hydrogens (tertiary/aromatic N) is 7. The number of halogens is 3. The van der Waals surface area contributed by atoms with Crippen molar-refractivity contribution in [3.8, 4) is 11.6 Å². The van der Waals surface area contributed by atoms with E-state index < -0.39 is 11.9 Å². The second-order valence-electron chi connectivity index (χ2n) is 9.09. The summed E-state index contributed by atoms with van der Waals surface area (Å²) in [4.78, 5) is 30.9. The minimum absolute atomic E-state index is 0.191. The number of aryl methyl sites for hydroxylation is 2. The molecule has 1 aliphatic carbocycles. The summed E-state index contributed by atoms with van der Waals surface area (Å²) in [6, 6.07) is 7.80. The summed E-state index contributed by atoms with van der Waals surface area (Å²) < 4.78 is 47.4. The molecule has 1 aliphatic rings. The van der Waals surface area contributed by atoms with Gasteiger partial charge in [0.1, 0.15) is 11.9 Å². The molecule has 0 aliphatic heterocycles. The van der Waals surface area contributed by atoms with Gasteiger partial charge in [0, 0.05) is 16.5 Å². The van der Waals surface area contributed by atoms with Gasteiger partial charge in [-0.2, -0.15) is 18.3 Å². The third-order valence-corrected chi connectivity index (χ3v) is 7.20. The Balaban J connectivity index is 1.49. The average molecular weight is 556 g/mol. The van der Waals surface area contributed by atoms with Crippen LogP contribution in [0, 0.1) is 13.8 Å².